The van der Waals surface area contributed by atoms with Gasteiger partial charge in [0, 0.05) is 35.7 Å². The van der Waals surface area contributed by atoms with Crippen molar-refractivity contribution in [1.82, 2.24) is 4.98 Å². The minimum absolute atomic E-state index is 0.282. The standard InChI is InChI=1S/C22H20F3NO2/c1-5-13-11-26-12(2)20(22-18(24)8-15(23)9-19(22)25)21(13)14-6-16(27-3)10-17(7-14)28-4/h6-11H,5H2,1-4H3. The van der Waals surface area contributed by atoms with Gasteiger partial charge in [0.15, 0.2) is 0 Å². The number of benzene rings is 2. The summed E-state index contributed by atoms with van der Waals surface area (Å²) >= 11 is 0. The Kier molecular flexibility index (Phi) is 5.58. The van der Waals surface area contributed by atoms with Gasteiger partial charge < -0.3 is 9.47 Å². The lowest BCUT2D eigenvalue weighted by molar-refractivity contribution is 0.394. The molecule has 28 heavy (non-hydrogen) atoms. The Hall–Kier alpha value is -3.02. The maximum absolute atomic E-state index is 14.6. The molecule has 0 radical (unpaired) electrons. The third kappa shape index (κ3) is 3.54. The predicted molar refractivity (Wildman–Crippen MR) is 102 cm³/mol. The van der Waals surface area contributed by atoms with E-state index in [9.17, 15) is 13.2 Å². The molecule has 0 saturated carbocycles. The van der Waals surface area contributed by atoms with E-state index in [0.29, 0.717) is 46.9 Å². The van der Waals surface area contributed by atoms with Gasteiger partial charge in [-0.1, -0.05) is 6.92 Å². The average molecular weight is 387 g/mol. The van der Waals surface area contributed by atoms with Gasteiger partial charge in [0.2, 0.25) is 0 Å². The van der Waals surface area contributed by atoms with Gasteiger partial charge in [-0.05, 0) is 42.2 Å². The molecule has 3 rings (SSSR count). The third-order valence-electron chi connectivity index (χ3n) is 4.62. The van der Waals surface area contributed by atoms with Crippen molar-refractivity contribution in [2.24, 2.45) is 0 Å². The lowest BCUT2D eigenvalue weighted by Gasteiger charge is -2.19. The molecule has 1 aromatic heterocycles. The van der Waals surface area contributed by atoms with E-state index in [2.05, 4.69) is 4.98 Å². The second-order valence-electron chi connectivity index (χ2n) is 6.32. The summed E-state index contributed by atoms with van der Waals surface area (Å²) in [5.41, 5.74) is 2.47. The molecule has 3 nitrogen and oxygen atoms in total. The molecule has 0 fully saturated rings. The first-order chi connectivity index (χ1) is 13.4. The molecule has 0 amide bonds. The summed E-state index contributed by atoms with van der Waals surface area (Å²) in [5.74, 6) is -1.85. The van der Waals surface area contributed by atoms with E-state index in [-0.39, 0.29) is 11.1 Å². The average Bonchev–Trinajstić information content (AvgIpc) is 2.67. The van der Waals surface area contributed by atoms with Crippen LogP contribution in [0.3, 0.4) is 0 Å². The summed E-state index contributed by atoms with van der Waals surface area (Å²) in [6.07, 6.45) is 2.26. The highest BCUT2D eigenvalue weighted by molar-refractivity contribution is 5.88. The van der Waals surface area contributed by atoms with E-state index in [1.165, 1.54) is 14.2 Å². The molecule has 1 heterocycles. The Labute approximate surface area is 161 Å². The second kappa shape index (κ2) is 7.92. The highest BCUT2D eigenvalue weighted by Crippen LogP contribution is 2.41. The largest absolute Gasteiger partial charge is 0.497 e. The summed E-state index contributed by atoms with van der Waals surface area (Å²) in [5, 5.41) is 0. The SMILES string of the molecule is CCc1cnc(C)c(-c2c(F)cc(F)cc2F)c1-c1cc(OC)cc(OC)c1. The van der Waals surface area contributed by atoms with Crippen molar-refractivity contribution in [2.45, 2.75) is 20.3 Å². The van der Waals surface area contributed by atoms with Crippen LogP contribution in [0.1, 0.15) is 18.2 Å². The molecule has 3 aromatic rings. The van der Waals surface area contributed by atoms with E-state index < -0.39 is 17.5 Å². The number of hydrogen-bond donors (Lipinski definition) is 0. The van der Waals surface area contributed by atoms with Crippen molar-refractivity contribution in [3.63, 3.8) is 0 Å². The fourth-order valence-electron chi connectivity index (χ4n) is 3.28. The van der Waals surface area contributed by atoms with E-state index in [1.807, 2.05) is 6.92 Å². The van der Waals surface area contributed by atoms with Gasteiger partial charge in [0.05, 0.1) is 19.8 Å². The number of rotatable bonds is 5. The minimum Gasteiger partial charge on any atom is -0.497 e. The maximum atomic E-state index is 14.6. The minimum atomic E-state index is -0.980. The van der Waals surface area contributed by atoms with Crippen LogP contribution in [0.15, 0.2) is 36.5 Å². The van der Waals surface area contributed by atoms with Gasteiger partial charge in [0.25, 0.3) is 0 Å². The Bertz CT molecular complexity index is 989. The zero-order valence-electron chi connectivity index (χ0n) is 16.1. The van der Waals surface area contributed by atoms with Crippen molar-refractivity contribution in [3.05, 3.63) is 65.2 Å². The zero-order chi connectivity index (χ0) is 20.4. The fraction of sp³-hybridized carbons (Fsp3) is 0.227. The van der Waals surface area contributed by atoms with Crippen molar-refractivity contribution in [2.75, 3.05) is 14.2 Å². The molecule has 0 unspecified atom stereocenters. The summed E-state index contributed by atoms with van der Waals surface area (Å²) in [6, 6.07) is 6.58. The molecule has 0 aliphatic heterocycles. The van der Waals surface area contributed by atoms with Gasteiger partial charge in [-0.15, -0.1) is 0 Å². The van der Waals surface area contributed by atoms with Gasteiger partial charge in [0.1, 0.15) is 29.0 Å². The summed E-state index contributed by atoms with van der Waals surface area (Å²) in [6.45, 7) is 3.59. The van der Waals surface area contributed by atoms with Gasteiger partial charge in [-0.25, -0.2) is 13.2 Å². The van der Waals surface area contributed by atoms with E-state index in [0.717, 1.165) is 5.56 Å². The monoisotopic (exact) mass is 387 g/mol. The number of aromatic nitrogens is 1. The Morgan fingerprint density at radius 1 is 0.821 bits per heavy atom. The van der Waals surface area contributed by atoms with Gasteiger partial charge in [-0.2, -0.15) is 0 Å². The van der Waals surface area contributed by atoms with Crippen LogP contribution >= 0.6 is 0 Å². The molecule has 0 atom stereocenters. The van der Waals surface area contributed by atoms with Crippen molar-refractivity contribution >= 4 is 0 Å². The first kappa shape index (κ1) is 19.7. The third-order valence-corrected chi connectivity index (χ3v) is 4.62. The molecule has 2 aromatic carbocycles. The topological polar surface area (TPSA) is 31.4 Å². The van der Waals surface area contributed by atoms with E-state index in [1.54, 1.807) is 31.3 Å². The second-order valence-corrected chi connectivity index (χ2v) is 6.32. The number of nitrogens with zero attached hydrogens (tertiary/aromatic N) is 1. The van der Waals surface area contributed by atoms with Crippen molar-refractivity contribution in [3.8, 4) is 33.8 Å². The zero-order valence-corrected chi connectivity index (χ0v) is 16.1. The summed E-state index contributed by atoms with van der Waals surface area (Å²) in [7, 11) is 3.05. The normalized spacial score (nSPS) is 10.8. The van der Waals surface area contributed by atoms with Gasteiger partial charge >= 0.3 is 0 Å². The van der Waals surface area contributed by atoms with Crippen molar-refractivity contribution < 1.29 is 22.6 Å². The van der Waals surface area contributed by atoms with Crippen LogP contribution < -0.4 is 9.47 Å². The first-order valence-corrected chi connectivity index (χ1v) is 8.76. The number of halogens is 3. The molecule has 0 aliphatic carbocycles. The van der Waals surface area contributed by atoms with Gasteiger partial charge in [-0.3, -0.25) is 4.98 Å². The molecule has 0 bridgehead atoms. The lowest BCUT2D eigenvalue weighted by Crippen LogP contribution is -2.02. The van der Waals surface area contributed by atoms with Crippen LogP contribution in [0.4, 0.5) is 13.2 Å². The maximum Gasteiger partial charge on any atom is 0.136 e. The van der Waals surface area contributed by atoms with Crippen LogP contribution in [-0.2, 0) is 6.42 Å². The number of methoxy groups -OCH3 is 2. The Balaban J connectivity index is 2.42. The molecule has 0 saturated heterocycles. The van der Waals surface area contributed by atoms with Crippen LogP contribution in [-0.4, -0.2) is 19.2 Å². The number of hydrogen-bond acceptors (Lipinski definition) is 3. The number of aryl methyl sites for hydroxylation is 2. The lowest BCUT2D eigenvalue weighted by atomic mass is 9.89. The van der Waals surface area contributed by atoms with E-state index in [4.69, 9.17) is 9.47 Å². The van der Waals surface area contributed by atoms with Crippen LogP contribution in [0.25, 0.3) is 22.3 Å². The van der Waals surface area contributed by atoms with Crippen LogP contribution in [0.2, 0.25) is 0 Å². The quantitative estimate of drug-likeness (QED) is 0.561. The number of ether oxygens (including phenoxy) is 2. The molecular formula is C22H20F3NO2. The molecule has 0 aliphatic rings. The molecule has 0 N–H and O–H groups in total. The highest BCUT2D eigenvalue weighted by atomic mass is 19.1. The summed E-state index contributed by atoms with van der Waals surface area (Å²) < 4.78 is 53.4. The van der Waals surface area contributed by atoms with Crippen LogP contribution in [0, 0.1) is 24.4 Å². The first-order valence-electron chi connectivity index (χ1n) is 8.76. The predicted octanol–water partition coefficient (Wildman–Crippen LogP) is 5.72. The molecule has 146 valence electrons. The Morgan fingerprint density at radius 3 is 1.89 bits per heavy atom. The highest BCUT2D eigenvalue weighted by Gasteiger charge is 2.23. The molecule has 6 heteroatoms. The number of pyridine rings is 1. The van der Waals surface area contributed by atoms with Crippen LogP contribution in [0.5, 0.6) is 11.5 Å². The Morgan fingerprint density at radius 2 is 1.39 bits per heavy atom. The molecule has 0 spiro atoms. The van der Waals surface area contributed by atoms with E-state index >= 15 is 0 Å². The molecular weight excluding hydrogens is 367 g/mol. The van der Waals surface area contributed by atoms with Crippen molar-refractivity contribution in [1.29, 1.82) is 0 Å². The fourth-order valence-corrected chi connectivity index (χ4v) is 3.28. The summed E-state index contributed by atoms with van der Waals surface area (Å²) in [4.78, 5) is 4.31. The smallest absolute Gasteiger partial charge is 0.136 e.